The minimum Gasteiger partial charge on any atom is -0.480 e. The first-order chi connectivity index (χ1) is 15.1. The van der Waals surface area contributed by atoms with Crippen LogP contribution in [-0.2, 0) is 16.0 Å². The highest BCUT2D eigenvalue weighted by molar-refractivity contribution is 5.82. The molecule has 1 heterocycles. The molecule has 5 nitrogen and oxygen atoms in total. The number of carbonyl (C=O) groups is 2. The fraction of sp³-hybridized carbons (Fsp3) is 0.231. The number of carboxylic acid groups (broad SMARTS) is 1. The zero-order valence-corrected chi connectivity index (χ0v) is 17.2. The van der Waals surface area contributed by atoms with Crippen LogP contribution in [-0.4, -0.2) is 34.7 Å². The number of fused-ring (bicyclic) bond motifs is 4. The van der Waals surface area contributed by atoms with Crippen LogP contribution in [0.3, 0.4) is 0 Å². The van der Waals surface area contributed by atoms with Crippen molar-refractivity contribution >= 4 is 12.1 Å². The van der Waals surface area contributed by atoms with Gasteiger partial charge in [0.05, 0.1) is 6.04 Å². The normalized spacial score (nSPS) is 19.3. The molecule has 0 saturated carbocycles. The van der Waals surface area contributed by atoms with E-state index in [2.05, 4.69) is 24.3 Å². The maximum Gasteiger partial charge on any atom is 0.411 e. The van der Waals surface area contributed by atoms with Gasteiger partial charge in [0.2, 0.25) is 0 Å². The molecule has 0 bridgehead atoms. The van der Waals surface area contributed by atoms with E-state index in [4.69, 9.17) is 4.74 Å². The molecule has 0 saturated heterocycles. The summed E-state index contributed by atoms with van der Waals surface area (Å²) in [6.45, 7) is 2.03. The smallest absolute Gasteiger partial charge is 0.411 e. The molecule has 0 fully saturated rings. The van der Waals surface area contributed by atoms with Gasteiger partial charge in [-0.3, -0.25) is 4.90 Å². The molecule has 31 heavy (non-hydrogen) atoms. The molecule has 2 aliphatic rings. The molecule has 0 radical (unpaired) electrons. The molecule has 1 N–H and O–H groups in total. The Kier molecular flexibility index (Phi) is 4.74. The van der Waals surface area contributed by atoms with Gasteiger partial charge in [-0.15, -0.1) is 0 Å². The van der Waals surface area contributed by atoms with Crippen molar-refractivity contribution in [3.05, 3.63) is 95.1 Å². The van der Waals surface area contributed by atoms with Crippen molar-refractivity contribution in [2.45, 2.75) is 31.3 Å². The lowest BCUT2D eigenvalue weighted by atomic mass is 9.89. The summed E-state index contributed by atoms with van der Waals surface area (Å²) < 4.78 is 5.77. The summed E-state index contributed by atoms with van der Waals surface area (Å²) in [6.07, 6.45) is -0.309. The Balaban J connectivity index is 1.41. The molecule has 0 unspecified atom stereocenters. The van der Waals surface area contributed by atoms with Crippen LogP contribution in [0.5, 0.6) is 0 Å². The van der Waals surface area contributed by atoms with E-state index < -0.39 is 18.1 Å². The Morgan fingerprint density at radius 2 is 1.45 bits per heavy atom. The number of nitrogens with zero attached hydrogens (tertiary/aromatic N) is 1. The quantitative estimate of drug-likeness (QED) is 0.656. The van der Waals surface area contributed by atoms with Crippen molar-refractivity contribution in [2.24, 2.45) is 0 Å². The summed E-state index contributed by atoms with van der Waals surface area (Å²) in [7, 11) is 0. The van der Waals surface area contributed by atoms with E-state index in [1.165, 1.54) is 4.90 Å². The first-order valence-corrected chi connectivity index (χ1v) is 10.5. The lowest BCUT2D eigenvalue weighted by Gasteiger charge is -2.39. The van der Waals surface area contributed by atoms with E-state index in [1.807, 2.05) is 55.5 Å². The molecular formula is C26H23NO4. The van der Waals surface area contributed by atoms with E-state index in [-0.39, 0.29) is 25.0 Å². The zero-order chi connectivity index (χ0) is 21.5. The second kappa shape index (κ2) is 7.58. The standard InChI is InChI=1S/C26H23NO4/c1-16-18-9-3-2-8-17(18)14-24(25(28)29)27(16)26(30)31-15-23-21-12-6-4-10-19(21)20-11-5-7-13-22(20)23/h2-13,16,23-24H,14-15H2,1H3,(H,28,29)/t16-,24-/m0/s1. The molecule has 3 aromatic carbocycles. The van der Waals surface area contributed by atoms with Crippen molar-refractivity contribution in [3.63, 3.8) is 0 Å². The van der Waals surface area contributed by atoms with Crippen LogP contribution in [0.1, 0.15) is 41.1 Å². The number of ether oxygens (including phenoxy) is 1. The molecule has 3 aromatic rings. The van der Waals surface area contributed by atoms with Crippen molar-refractivity contribution in [3.8, 4) is 11.1 Å². The maximum atomic E-state index is 13.2. The zero-order valence-electron chi connectivity index (χ0n) is 17.2. The second-order valence-electron chi connectivity index (χ2n) is 8.14. The van der Waals surface area contributed by atoms with Crippen molar-refractivity contribution in [2.75, 3.05) is 6.61 Å². The molecule has 0 aromatic heterocycles. The summed E-state index contributed by atoms with van der Waals surface area (Å²) in [5, 5.41) is 9.79. The van der Waals surface area contributed by atoms with Crippen LogP contribution in [0, 0.1) is 0 Å². The lowest BCUT2D eigenvalue weighted by Crippen LogP contribution is -2.50. The third kappa shape index (κ3) is 3.17. The van der Waals surface area contributed by atoms with E-state index in [1.54, 1.807) is 0 Å². The lowest BCUT2D eigenvalue weighted by molar-refractivity contribution is -0.144. The maximum absolute atomic E-state index is 13.2. The van der Waals surface area contributed by atoms with Gasteiger partial charge in [0, 0.05) is 12.3 Å². The monoisotopic (exact) mass is 413 g/mol. The molecule has 0 spiro atoms. The number of carboxylic acids is 1. The molecule has 1 aliphatic heterocycles. The SMILES string of the molecule is C[C@H]1c2ccccc2C[C@@H](C(=O)O)N1C(=O)OCC1c2ccccc2-c2ccccc21. The predicted octanol–water partition coefficient (Wildman–Crippen LogP) is 5.01. The summed E-state index contributed by atoms with van der Waals surface area (Å²) in [6, 6.07) is 22.7. The minimum absolute atomic E-state index is 0.0630. The highest BCUT2D eigenvalue weighted by Gasteiger charge is 2.40. The Bertz CT molecular complexity index is 1130. The Morgan fingerprint density at radius 3 is 2.06 bits per heavy atom. The average Bonchev–Trinajstić information content (AvgIpc) is 3.11. The Labute approximate surface area is 180 Å². The second-order valence-corrected chi connectivity index (χ2v) is 8.14. The number of benzene rings is 3. The fourth-order valence-electron chi connectivity index (χ4n) is 5.01. The number of hydrogen-bond acceptors (Lipinski definition) is 3. The number of amides is 1. The molecule has 1 amide bonds. The van der Waals surface area contributed by atoms with Crippen molar-refractivity contribution < 1.29 is 19.4 Å². The van der Waals surface area contributed by atoms with Gasteiger partial charge in [-0.25, -0.2) is 9.59 Å². The topological polar surface area (TPSA) is 66.8 Å². The van der Waals surface area contributed by atoms with E-state index in [9.17, 15) is 14.7 Å². The Hall–Kier alpha value is -3.60. The first kappa shape index (κ1) is 19.4. The van der Waals surface area contributed by atoms with Gasteiger partial charge in [0.15, 0.2) is 0 Å². The Morgan fingerprint density at radius 1 is 0.903 bits per heavy atom. The number of rotatable bonds is 3. The fourth-order valence-corrected chi connectivity index (χ4v) is 5.01. The number of aliphatic carboxylic acids is 1. The van der Waals surface area contributed by atoms with Crippen LogP contribution in [0.2, 0.25) is 0 Å². The highest BCUT2D eigenvalue weighted by atomic mass is 16.6. The van der Waals surface area contributed by atoms with Crippen LogP contribution < -0.4 is 0 Å². The summed E-state index contributed by atoms with van der Waals surface area (Å²) in [5.74, 6) is -1.08. The van der Waals surface area contributed by atoms with Gasteiger partial charge in [0.1, 0.15) is 12.6 Å². The molecule has 1 aliphatic carbocycles. The minimum atomic E-state index is -1.02. The number of hydrogen-bond donors (Lipinski definition) is 1. The molecule has 156 valence electrons. The largest absolute Gasteiger partial charge is 0.480 e. The van der Waals surface area contributed by atoms with Gasteiger partial charge in [-0.1, -0.05) is 72.8 Å². The predicted molar refractivity (Wildman–Crippen MR) is 117 cm³/mol. The van der Waals surface area contributed by atoms with Gasteiger partial charge < -0.3 is 9.84 Å². The number of carbonyl (C=O) groups excluding carboxylic acids is 1. The summed E-state index contributed by atoms with van der Waals surface area (Å²) in [4.78, 5) is 26.5. The van der Waals surface area contributed by atoms with Crippen molar-refractivity contribution in [1.29, 1.82) is 0 Å². The van der Waals surface area contributed by atoms with Crippen molar-refractivity contribution in [1.82, 2.24) is 4.90 Å². The van der Waals surface area contributed by atoms with Gasteiger partial charge in [-0.05, 0) is 40.3 Å². The van der Waals surface area contributed by atoms with Gasteiger partial charge in [-0.2, -0.15) is 0 Å². The summed E-state index contributed by atoms with van der Waals surface area (Å²) >= 11 is 0. The van der Waals surface area contributed by atoms with Gasteiger partial charge >= 0.3 is 12.1 Å². The molecule has 2 atom stereocenters. The summed E-state index contributed by atoms with van der Waals surface area (Å²) in [5.41, 5.74) is 6.50. The van der Waals surface area contributed by atoms with E-state index in [0.717, 1.165) is 33.4 Å². The third-order valence-electron chi connectivity index (χ3n) is 6.50. The molecular weight excluding hydrogens is 390 g/mol. The molecule has 5 rings (SSSR count). The van der Waals surface area contributed by atoms with Crippen LogP contribution in [0.25, 0.3) is 11.1 Å². The van der Waals surface area contributed by atoms with E-state index >= 15 is 0 Å². The first-order valence-electron chi connectivity index (χ1n) is 10.5. The van der Waals surface area contributed by atoms with Crippen LogP contribution in [0.15, 0.2) is 72.8 Å². The van der Waals surface area contributed by atoms with Crippen LogP contribution in [0.4, 0.5) is 4.79 Å². The van der Waals surface area contributed by atoms with E-state index in [0.29, 0.717) is 0 Å². The highest BCUT2D eigenvalue weighted by Crippen LogP contribution is 2.44. The molecule has 5 heteroatoms. The van der Waals surface area contributed by atoms with Gasteiger partial charge in [0.25, 0.3) is 0 Å². The average molecular weight is 413 g/mol. The van der Waals surface area contributed by atoms with Crippen LogP contribution >= 0.6 is 0 Å². The third-order valence-corrected chi connectivity index (χ3v) is 6.50.